The summed E-state index contributed by atoms with van der Waals surface area (Å²) in [6, 6.07) is 0. The van der Waals surface area contributed by atoms with Crippen LogP contribution >= 0.6 is 0 Å². The summed E-state index contributed by atoms with van der Waals surface area (Å²) < 4.78 is 27.1. The fourth-order valence-corrected chi connectivity index (χ4v) is 0.397. The Bertz CT molecular complexity index is 188. The lowest BCUT2D eigenvalue weighted by molar-refractivity contribution is -0.129. The van der Waals surface area contributed by atoms with Crippen molar-refractivity contribution in [1.29, 1.82) is 0 Å². The molecular formula is C8H12F2O2. The third kappa shape index (κ3) is 4.82. The third-order valence-corrected chi connectivity index (χ3v) is 1.22. The van der Waals surface area contributed by atoms with Gasteiger partial charge in [0.15, 0.2) is 5.78 Å². The number of halogens is 2. The van der Waals surface area contributed by atoms with Crippen molar-refractivity contribution < 1.29 is 18.3 Å². The van der Waals surface area contributed by atoms with Crippen LogP contribution in [0, 0.1) is 5.41 Å². The summed E-state index contributed by atoms with van der Waals surface area (Å²) in [5, 5.41) is 0. The molecule has 0 N–H and O–H groups in total. The molecule has 0 atom stereocenters. The Hall–Kier alpha value is -0.930. The van der Waals surface area contributed by atoms with Gasteiger partial charge in [0.05, 0.1) is 0 Å². The van der Waals surface area contributed by atoms with Crippen LogP contribution in [0.3, 0.4) is 0 Å². The monoisotopic (exact) mass is 178 g/mol. The van der Waals surface area contributed by atoms with Crippen molar-refractivity contribution in [3.8, 4) is 0 Å². The molecule has 0 aliphatic heterocycles. The standard InChI is InChI=1S/C8H12F2O2/c1-8(2,3)6(11)4-12-5-7(9)10/h5H,4H2,1-3H3. The number of hydrogen-bond acceptors (Lipinski definition) is 2. The van der Waals surface area contributed by atoms with Gasteiger partial charge in [0.25, 0.3) is 0 Å². The minimum atomic E-state index is -1.93. The van der Waals surface area contributed by atoms with E-state index in [1.165, 1.54) is 0 Å². The molecular weight excluding hydrogens is 166 g/mol. The lowest BCUT2D eigenvalue weighted by atomic mass is 9.91. The van der Waals surface area contributed by atoms with Crippen LogP contribution in [-0.2, 0) is 9.53 Å². The average Bonchev–Trinajstić information content (AvgIpc) is 1.84. The molecule has 0 unspecified atom stereocenters. The zero-order chi connectivity index (χ0) is 9.78. The average molecular weight is 178 g/mol. The predicted molar refractivity (Wildman–Crippen MR) is 40.7 cm³/mol. The van der Waals surface area contributed by atoms with Gasteiger partial charge in [-0.05, 0) is 0 Å². The molecule has 0 spiro atoms. The molecule has 0 saturated carbocycles. The molecule has 0 fully saturated rings. The van der Waals surface area contributed by atoms with Gasteiger partial charge in [0, 0.05) is 5.41 Å². The van der Waals surface area contributed by atoms with Gasteiger partial charge >= 0.3 is 6.08 Å². The molecule has 0 aliphatic carbocycles. The number of hydrogen-bond donors (Lipinski definition) is 0. The van der Waals surface area contributed by atoms with E-state index in [1.807, 2.05) is 0 Å². The van der Waals surface area contributed by atoms with Crippen LogP contribution in [0.4, 0.5) is 8.78 Å². The van der Waals surface area contributed by atoms with Gasteiger partial charge < -0.3 is 4.74 Å². The summed E-state index contributed by atoms with van der Waals surface area (Å²) in [6.07, 6.45) is -1.65. The number of ketones is 1. The van der Waals surface area contributed by atoms with Gasteiger partial charge in [-0.3, -0.25) is 4.79 Å². The highest BCUT2D eigenvalue weighted by atomic mass is 19.3. The van der Waals surface area contributed by atoms with Crippen LogP contribution in [0.2, 0.25) is 0 Å². The molecule has 4 heteroatoms. The molecule has 2 nitrogen and oxygen atoms in total. The van der Waals surface area contributed by atoms with E-state index in [0.717, 1.165) is 0 Å². The summed E-state index contributed by atoms with van der Waals surface area (Å²) in [6.45, 7) is 4.80. The molecule has 12 heavy (non-hydrogen) atoms. The van der Waals surface area contributed by atoms with Crippen molar-refractivity contribution in [2.24, 2.45) is 5.41 Å². The van der Waals surface area contributed by atoms with E-state index >= 15 is 0 Å². The maximum Gasteiger partial charge on any atom is 0.304 e. The van der Waals surface area contributed by atoms with Gasteiger partial charge in [-0.15, -0.1) is 0 Å². The molecule has 70 valence electrons. The normalized spacial score (nSPS) is 10.8. The number of carbonyl (C=O) groups excluding carboxylic acids is 1. The first-order valence-corrected chi connectivity index (χ1v) is 3.50. The van der Waals surface area contributed by atoms with Gasteiger partial charge in [-0.2, -0.15) is 8.78 Å². The highest BCUT2D eigenvalue weighted by Crippen LogP contribution is 2.14. The van der Waals surface area contributed by atoms with E-state index in [2.05, 4.69) is 4.74 Å². The minimum absolute atomic E-state index is 0.208. The first kappa shape index (κ1) is 11.1. The zero-order valence-electron chi connectivity index (χ0n) is 7.36. The maximum atomic E-state index is 11.4. The Morgan fingerprint density at radius 1 is 1.42 bits per heavy atom. The molecule has 0 aliphatic rings. The second-order valence-electron chi connectivity index (χ2n) is 3.39. The van der Waals surface area contributed by atoms with Gasteiger partial charge in [0.1, 0.15) is 12.9 Å². The number of Topliss-reactive ketones (excluding diaryl/α,β-unsaturated/α-hetero) is 1. The lowest BCUT2D eigenvalue weighted by Gasteiger charge is -2.15. The van der Waals surface area contributed by atoms with E-state index in [1.54, 1.807) is 20.8 Å². The van der Waals surface area contributed by atoms with Crippen LogP contribution < -0.4 is 0 Å². The predicted octanol–water partition coefficient (Wildman–Crippen LogP) is 2.36. The van der Waals surface area contributed by atoms with E-state index in [9.17, 15) is 13.6 Å². The molecule has 0 bridgehead atoms. The molecule has 0 amide bonds. The van der Waals surface area contributed by atoms with Gasteiger partial charge in [0.2, 0.25) is 0 Å². The zero-order valence-corrected chi connectivity index (χ0v) is 7.36. The fraction of sp³-hybridized carbons (Fsp3) is 0.625. The SMILES string of the molecule is CC(C)(C)C(=O)COC=C(F)F. The Morgan fingerprint density at radius 3 is 2.25 bits per heavy atom. The van der Waals surface area contributed by atoms with Crippen LogP contribution in [0.1, 0.15) is 20.8 Å². The molecule has 0 rings (SSSR count). The van der Waals surface area contributed by atoms with Crippen LogP contribution in [0.15, 0.2) is 12.3 Å². The Kier molecular flexibility index (Phi) is 3.86. The highest BCUT2D eigenvalue weighted by Gasteiger charge is 2.20. The van der Waals surface area contributed by atoms with Crippen molar-refractivity contribution in [2.45, 2.75) is 20.8 Å². The molecule has 0 aromatic carbocycles. The van der Waals surface area contributed by atoms with Crippen LogP contribution in [-0.4, -0.2) is 12.4 Å². The van der Waals surface area contributed by atoms with Crippen molar-refractivity contribution in [3.63, 3.8) is 0 Å². The fourth-order valence-electron chi connectivity index (χ4n) is 0.397. The summed E-state index contributed by atoms with van der Waals surface area (Å²) in [5.74, 6) is -0.208. The van der Waals surface area contributed by atoms with Crippen molar-refractivity contribution >= 4 is 5.78 Å². The Balaban J connectivity index is 3.82. The third-order valence-electron chi connectivity index (χ3n) is 1.22. The van der Waals surface area contributed by atoms with E-state index in [-0.39, 0.29) is 18.7 Å². The first-order chi connectivity index (χ1) is 5.34. The smallest absolute Gasteiger partial charge is 0.304 e. The van der Waals surface area contributed by atoms with Crippen LogP contribution in [0.5, 0.6) is 0 Å². The largest absolute Gasteiger partial charge is 0.488 e. The second kappa shape index (κ2) is 4.18. The molecule has 0 radical (unpaired) electrons. The second-order valence-corrected chi connectivity index (χ2v) is 3.39. The Morgan fingerprint density at radius 2 is 1.92 bits per heavy atom. The molecule has 0 aromatic heterocycles. The van der Waals surface area contributed by atoms with Crippen LogP contribution in [0.25, 0.3) is 0 Å². The lowest BCUT2D eigenvalue weighted by Crippen LogP contribution is -2.24. The molecule has 0 saturated heterocycles. The van der Waals surface area contributed by atoms with Gasteiger partial charge in [-0.1, -0.05) is 20.8 Å². The van der Waals surface area contributed by atoms with E-state index in [4.69, 9.17) is 0 Å². The number of carbonyl (C=O) groups is 1. The summed E-state index contributed by atoms with van der Waals surface area (Å²) in [5.41, 5.74) is -0.541. The summed E-state index contributed by atoms with van der Waals surface area (Å²) in [7, 11) is 0. The highest BCUT2D eigenvalue weighted by molar-refractivity contribution is 5.84. The number of rotatable bonds is 3. The van der Waals surface area contributed by atoms with E-state index < -0.39 is 11.5 Å². The van der Waals surface area contributed by atoms with Gasteiger partial charge in [-0.25, -0.2) is 0 Å². The van der Waals surface area contributed by atoms with Crippen molar-refractivity contribution in [2.75, 3.05) is 6.61 Å². The van der Waals surface area contributed by atoms with Crippen molar-refractivity contribution in [1.82, 2.24) is 0 Å². The summed E-state index contributed by atoms with van der Waals surface area (Å²) >= 11 is 0. The quantitative estimate of drug-likeness (QED) is 0.620. The molecule has 0 heterocycles. The minimum Gasteiger partial charge on any atom is -0.488 e. The molecule has 0 aromatic rings. The Labute approximate surface area is 70.2 Å². The topological polar surface area (TPSA) is 26.3 Å². The maximum absolute atomic E-state index is 11.4. The van der Waals surface area contributed by atoms with E-state index in [0.29, 0.717) is 0 Å². The summed E-state index contributed by atoms with van der Waals surface area (Å²) in [4.78, 5) is 11.0. The number of ether oxygens (including phenoxy) is 1. The first-order valence-electron chi connectivity index (χ1n) is 3.50. The van der Waals surface area contributed by atoms with Crippen molar-refractivity contribution in [3.05, 3.63) is 12.3 Å².